The van der Waals surface area contributed by atoms with E-state index < -0.39 is 11.8 Å². The Morgan fingerprint density at radius 1 is 1.73 bits per heavy atom. The molecule has 1 aromatic carbocycles. The Morgan fingerprint density at radius 2 is 2.33 bits per heavy atom. The van der Waals surface area contributed by atoms with Crippen LogP contribution < -0.4 is 5.73 Å². The molecule has 0 bridgehead atoms. The highest BCUT2D eigenvalue weighted by molar-refractivity contribution is 9.10. The fraction of sp³-hybridized carbons (Fsp3) is 0.100. The summed E-state index contributed by atoms with van der Waals surface area (Å²) in [5.74, 6) is -1.37. The van der Waals surface area contributed by atoms with Gasteiger partial charge in [-0.25, -0.2) is 9.18 Å². The summed E-state index contributed by atoms with van der Waals surface area (Å²) in [6.07, 6.45) is 1.42. The van der Waals surface area contributed by atoms with E-state index in [9.17, 15) is 9.18 Å². The van der Waals surface area contributed by atoms with Crippen molar-refractivity contribution in [2.75, 3.05) is 12.8 Å². The quantitative estimate of drug-likeness (QED) is 0.666. The van der Waals surface area contributed by atoms with Crippen LogP contribution in [0.15, 0.2) is 17.1 Å². The molecule has 0 heterocycles. The molecule has 5 heteroatoms. The molecule has 0 fully saturated rings. The monoisotopic (exact) mass is 273 g/mol. The molecule has 0 atom stereocenters. The molecule has 0 radical (unpaired) electrons. The van der Waals surface area contributed by atoms with Crippen LogP contribution >= 0.6 is 15.9 Å². The Kier molecular flexibility index (Phi) is 3.47. The second kappa shape index (κ2) is 4.44. The van der Waals surface area contributed by atoms with E-state index in [4.69, 9.17) is 5.73 Å². The number of ether oxygens (including phenoxy) is 1. The number of carbonyl (C=O) groups excluding carboxylic acids is 1. The van der Waals surface area contributed by atoms with Gasteiger partial charge < -0.3 is 10.5 Å². The van der Waals surface area contributed by atoms with Crippen molar-refractivity contribution in [3.8, 4) is 0 Å². The molecular weight excluding hydrogens is 265 g/mol. The molecule has 0 saturated heterocycles. The highest BCUT2D eigenvalue weighted by atomic mass is 79.9. The molecule has 3 nitrogen and oxygen atoms in total. The molecule has 0 unspecified atom stereocenters. The second-order valence-electron chi connectivity index (χ2n) is 2.75. The van der Waals surface area contributed by atoms with Crippen LogP contribution in [0, 0.1) is 5.82 Å². The molecule has 0 amide bonds. The van der Waals surface area contributed by atoms with Gasteiger partial charge >= 0.3 is 5.97 Å². The summed E-state index contributed by atoms with van der Waals surface area (Å²) in [4.78, 5) is 11.2. The molecule has 1 aromatic rings. The SMILES string of the molecule is C=Cc1cc(C(=O)OC)c(N)c(F)c1Br. The fourth-order valence-corrected chi connectivity index (χ4v) is 1.58. The third kappa shape index (κ3) is 2.02. The number of nitrogens with two attached hydrogens (primary N) is 1. The summed E-state index contributed by atoms with van der Waals surface area (Å²) >= 11 is 3.02. The summed E-state index contributed by atoms with van der Waals surface area (Å²) < 4.78 is 18.2. The van der Waals surface area contributed by atoms with E-state index in [1.54, 1.807) is 0 Å². The van der Waals surface area contributed by atoms with Crippen LogP contribution in [0.25, 0.3) is 6.08 Å². The first-order chi connectivity index (χ1) is 7.02. The van der Waals surface area contributed by atoms with Gasteiger partial charge in [-0.3, -0.25) is 0 Å². The lowest BCUT2D eigenvalue weighted by molar-refractivity contribution is 0.0601. The van der Waals surface area contributed by atoms with Crippen molar-refractivity contribution >= 4 is 33.7 Å². The normalized spacial score (nSPS) is 9.80. The van der Waals surface area contributed by atoms with Crippen LogP contribution in [-0.2, 0) is 4.74 Å². The van der Waals surface area contributed by atoms with Crippen molar-refractivity contribution in [2.24, 2.45) is 0 Å². The topological polar surface area (TPSA) is 52.3 Å². The molecule has 0 saturated carbocycles. The van der Waals surface area contributed by atoms with Crippen LogP contribution in [0.1, 0.15) is 15.9 Å². The van der Waals surface area contributed by atoms with Crippen molar-refractivity contribution in [3.05, 3.63) is 34.1 Å². The average molecular weight is 274 g/mol. The van der Waals surface area contributed by atoms with Crippen molar-refractivity contribution < 1.29 is 13.9 Å². The molecule has 0 aromatic heterocycles. The molecule has 1 rings (SSSR count). The average Bonchev–Trinajstić information content (AvgIpc) is 2.25. The van der Waals surface area contributed by atoms with Gasteiger partial charge in [0.15, 0.2) is 5.82 Å². The first kappa shape index (κ1) is 11.7. The number of esters is 1. The van der Waals surface area contributed by atoms with Gasteiger partial charge in [0.2, 0.25) is 0 Å². The van der Waals surface area contributed by atoms with E-state index >= 15 is 0 Å². The second-order valence-corrected chi connectivity index (χ2v) is 3.54. The molecule has 0 spiro atoms. The van der Waals surface area contributed by atoms with Gasteiger partial charge in [0.25, 0.3) is 0 Å². The van der Waals surface area contributed by atoms with E-state index in [0.29, 0.717) is 5.56 Å². The van der Waals surface area contributed by atoms with Gasteiger partial charge in [0, 0.05) is 0 Å². The summed E-state index contributed by atoms with van der Waals surface area (Å²) in [7, 11) is 1.20. The van der Waals surface area contributed by atoms with Crippen LogP contribution in [0.2, 0.25) is 0 Å². The zero-order chi connectivity index (χ0) is 11.6. The third-order valence-corrected chi connectivity index (χ3v) is 2.70. The van der Waals surface area contributed by atoms with E-state index in [1.165, 1.54) is 19.3 Å². The largest absolute Gasteiger partial charge is 0.465 e. The van der Waals surface area contributed by atoms with Crippen molar-refractivity contribution in [3.63, 3.8) is 0 Å². The Bertz CT molecular complexity index is 432. The maximum absolute atomic E-state index is 13.5. The van der Waals surface area contributed by atoms with Crippen LogP contribution in [0.5, 0.6) is 0 Å². The molecule has 0 aliphatic rings. The Hall–Kier alpha value is -1.36. The number of carbonyl (C=O) groups is 1. The lowest BCUT2D eigenvalue weighted by Gasteiger charge is -2.08. The van der Waals surface area contributed by atoms with E-state index in [1.807, 2.05) is 0 Å². The maximum Gasteiger partial charge on any atom is 0.340 e. The molecule has 80 valence electrons. The van der Waals surface area contributed by atoms with Crippen LogP contribution in [0.4, 0.5) is 10.1 Å². The Balaban J connectivity index is 3.48. The zero-order valence-corrected chi connectivity index (χ0v) is 9.60. The predicted octanol–water partition coefficient (Wildman–Crippen LogP) is 2.60. The molecular formula is C10H9BrFNO2. The number of rotatable bonds is 2. The van der Waals surface area contributed by atoms with Crippen molar-refractivity contribution in [1.82, 2.24) is 0 Å². The third-order valence-electron chi connectivity index (χ3n) is 1.90. The van der Waals surface area contributed by atoms with Gasteiger partial charge in [0.05, 0.1) is 22.8 Å². The van der Waals surface area contributed by atoms with Gasteiger partial charge in [-0.2, -0.15) is 0 Å². The number of methoxy groups -OCH3 is 1. The number of nitrogen functional groups attached to an aromatic ring is 1. The first-order valence-electron chi connectivity index (χ1n) is 4.01. The minimum absolute atomic E-state index is 0.00639. The number of benzene rings is 1. The summed E-state index contributed by atoms with van der Waals surface area (Å²) in [5.41, 5.74) is 5.65. The van der Waals surface area contributed by atoms with E-state index in [0.717, 1.165) is 0 Å². The minimum atomic E-state index is -0.687. The highest BCUT2D eigenvalue weighted by Crippen LogP contribution is 2.29. The summed E-state index contributed by atoms with van der Waals surface area (Å²) in [6.45, 7) is 3.50. The number of hydrogen-bond acceptors (Lipinski definition) is 3. The summed E-state index contributed by atoms with van der Waals surface area (Å²) in [5, 5.41) is 0. The summed E-state index contributed by atoms with van der Waals surface area (Å²) in [6, 6.07) is 1.42. The Morgan fingerprint density at radius 3 is 2.80 bits per heavy atom. The van der Waals surface area contributed by atoms with Crippen LogP contribution in [0.3, 0.4) is 0 Å². The van der Waals surface area contributed by atoms with Gasteiger partial charge in [0.1, 0.15) is 0 Å². The number of hydrogen-bond donors (Lipinski definition) is 1. The van der Waals surface area contributed by atoms with E-state index in [2.05, 4.69) is 27.2 Å². The lowest BCUT2D eigenvalue weighted by atomic mass is 10.1. The number of halogens is 2. The number of anilines is 1. The molecule has 0 aliphatic carbocycles. The van der Waals surface area contributed by atoms with Crippen molar-refractivity contribution in [1.29, 1.82) is 0 Å². The fourth-order valence-electron chi connectivity index (χ4n) is 1.09. The molecule has 2 N–H and O–H groups in total. The van der Waals surface area contributed by atoms with Crippen LogP contribution in [-0.4, -0.2) is 13.1 Å². The predicted molar refractivity (Wildman–Crippen MR) is 59.9 cm³/mol. The Labute approximate surface area is 94.8 Å². The standard InChI is InChI=1S/C10H9BrFNO2/c1-3-5-4-6(10(14)15-2)9(13)8(12)7(5)11/h3-4H,1,13H2,2H3. The van der Waals surface area contributed by atoms with Crippen molar-refractivity contribution in [2.45, 2.75) is 0 Å². The molecule has 15 heavy (non-hydrogen) atoms. The van der Waals surface area contributed by atoms with Gasteiger partial charge in [-0.05, 0) is 27.6 Å². The minimum Gasteiger partial charge on any atom is -0.465 e. The zero-order valence-electron chi connectivity index (χ0n) is 8.01. The van der Waals surface area contributed by atoms with Gasteiger partial charge in [-0.15, -0.1) is 0 Å². The van der Waals surface area contributed by atoms with E-state index in [-0.39, 0.29) is 15.7 Å². The van der Waals surface area contributed by atoms with Gasteiger partial charge in [-0.1, -0.05) is 12.7 Å². The smallest absolute Gasteiger partial charge is 0.340 e. The lowest BCUT2D eigenvalue weighted by Crippen LogP contribution is -2.08. The highest BCUT2D eigenvalue weighted by Gasteiger charge is 2.18. The molecule has 0 aliphatic heterocycles. The maximum atomic E-state index is 13.5. The first-order valence-corrected chi connectivity index (χ1v) is 4.80.